The lowest BCUT2D eigenvalue weighted by Gasteiger charge is -2.36. The Morgan fingerprint density at radius 3 is 2.36 bits per heavy atom. The third-order valence-electron chi connectivity index (χ3n) is 5.33. The Morgan fingerprint density at radius 2 is 1.75 bits per heavy atom. The van der Waals surface area contributed by atoms with Gasteiger partial charge in [-0.2, -0.15) is 0 Å². The molecular weight excluding hydrogens is 364 g/mol. The summed E-state index contributed by atoms with van der Waals surface area (Å²) >= 11 is 0. The van der Waals surface area contributed by atoms with Crippen molar-refractivity contribution < 1.29 is 23.4 Å². The van der Waals surface area contributed by atoms with Crippen molar-refractivity contribution in [2.24, 2.45) is 5.41 Å². The monoisotopic (exact) mass is 389 g/mol. The molecule has 6 heteroatoms. The second-order valence-electron chi connectivity index (χ2n) is 7.45. The van der Waals surface area contributed by atoms with Crippen molar-refractivity contribution in [3.8, 4) is 11.1 Å². The van der Waals surface area contributed by atoms with Crippen LogP contribution in [0, 0.1) is 17.0 Å². The smallest absolute Gasteiger partial charge is 0.227 e. The lowest BCUT2D eigenvalue weighted by Crippen LogP contribution is -2.49. The van der Waals surface area contributed by atoms with E-state index in [0.717, 1.165) is 17.2 Å². The van der Waals surface area contributed by atoms with Crippen LogP contribution in [0.5, 0.6) is 0 Å². The van der Waals surface area contributed by atoms with Crippen LogP contribution >= 0.6 is 0 Å². The average molecular weight is 389 g/mol. The van der Waals surface area contributed by atoms with Gasteiger partial charge in [0.25, 0.3) is 0 Å². The third kappa shape index (κ3) is 4.56. The average Bonchev–Trinajstić information content (AvgIpc) is 2.71. The van der Waals surface area contributed by atoms with E-state index in [1.165, 1.54) is 12.1 Å². The van der Waals surface area contributed by atoms with Gasteiger partial charge < -0.3 is 15.2 Å². The van der Waals surface area contributed by atoms with Gasteiger partial charge in [-0.3, -0.25) is 4.79 Å². The van der Waals surface area contributed by atoms with Gasteiger partial charge in [-0.1, -0.05) is 30.3 Å². The second kappa shape index (κ2) is 8.80. The van der Waals surface area contributed by atoms with Crippen LogP contribution in [0.15, 0.2) is 42.5 Å². The van der Waals surface area contributed by atoms with Crippen LogP contribution in [-0.2, 0) is 16.0 Å². The summed E-state index contributed by atoms with van der Waals surface area (Å²) in [7, 11) is 0. The number of hydrogen-bond acceptors (Lipinski definition) is 3. The minimum absolute atomic E-state index is 0.0676. The van der Waals surface area contributed by atoms with E-state index in [-0.39, 0.29) is 18.6 Å². The number of carbonyl (C=O) groups excluding carboxylic acids is 1. The molecular formula is C22H25F2NO3. The first kappa shape index (κ1) is 20.4. The Bertz CT molecular complexity index is 817. The molecule has 1 amide bonds. The predicted octanol–water partition coefficient (Wildman–Crippen LogP) is 3.47. The van der Waals surface area contributed by atoms with Crippen molar-refractivity contribution in [3.63, 3.8) is 0 Å². The summed E-state index contributed by atoms with van der Waals surface area (Å²) in [6.45, 7) is 2.70. The number of rotatable bonds is 6. The zero-order valence-electron chi connectivity index (χ0n) is 15.9. The van der Waals surface area contributed by atoms with Crippen molar-refractivity contribution in [1.82, 2.24) is 5.32 Å². The van der Waals surface area contributed by atoms with E-state index in [1.807, 2.05) is 24.3 Å². The van der Waals surface area contributed by atoms with Crippen LogP contribution in [0.4, 0.5) is 8.78 Å². The molecule has 150 valence electrons. The molecule has 28 heavy (non-hydrogen) atoms. The highest BCUT2D eigenvalue weighted by Crippen LogP contribution is 2.35. The highest BCUT2D eigenvalue weighted by Gasteiger charge is 2.40. The molecule has 1 fully saturated rings. The summed E-state index contributed by atoms with van der Waals surface area (Å²) in [5.74, 6) is -1.82. The zero-order valence-corrected chi connectivity index (χ0v) is 15.9. The summed E-state index contributed by atoms with van der Waals surface area (Å²) in [6, 6.07) is 11.1. The van der Waals surface area contributed by atoms with Gasteiger partial charge in [-0.25, -0.2) is 8.78 Å². The van der Waals surface area contributed by atoms with Crippen LogP contribution in [0.1, 0.15) is 25.3 Å². The third-order valence-corrected chi connectivity index (χ3v) is 5.33. The van der Waals surface area contributed by atoms with Crippen LogP contribution in [0.2, 0.25) is 0 Å². The van der Waals surface area contributed by atoms with E-state index >= 15 is 0 Å². The van der Waals surface area contributed by atoms with Gasteiger partial charge in [0.15, 0.2) is 11.6 Å². The number of aliphatic hydroxyl groups is 1. The molecule has 0 radical (unpaired) electrons. The van der Waals surface area contributed by atoms with E-state index in [9.17, 15) is 18.7 Å². The molecule has 3 rings (SSSR count). The van der Waals surface area contributed by atoms with Crippen LogP contribution < -0.4 is 5.32 Å². The van der Waals surface area contributed by atoms with Gasteiger partial charge in [-0.15, -0.1) is 0 Å². The number of carbonyl (C=O) groups is 1. The van der Waals surface area contributed by atoms with Gasteiger partial charge in [0.1, 0.15) is 0 Å². The molecule has 2 aromatic rings. The van der Waals surface area contributed by atoms with E-state index in [2.05, 4.69) is 5.32 Å². The van der Waals surface area contributed by atoms with E-state index in [1.54, 1.807) is 6.92 Å². The fourth-order valence-corrected chi connectivity index (χ4v) is 3.55. The molecule has 0 unspecified atom stereocenters. The van der Waals surface area contributed by atoms with Crippen LogP contribution in [0.3, 0.4) is 0 Å². The first-order valence-corrected chi connectivity index (χ1v) is 9.47. The molecule has 4 nitrogen and oxygen atoms in total. The molecule has 1 atom stereocenters. The topological polar surface area (TPSA) is 58.6 Å². The maximum absolute atomic E-state index is 13.5. The Kier molecular flexibility index (Phi) is 6.42. The van der Waals surface area contributed by atoms with Gasteiger partial charge in [-0.05, 0) is 55.0 Å². The molecule has 1 aliphatic heterocycles. The maximum Gasteiger partial charge on any atom is 0.227 e. The van der Waals surface area contributed by atoms with Gasteiger partial charge >= 0.3 is 0 Å². The number of nitrogens with one attached hydrogen (secondary N) is 1. The largest absolute Gasteiger partial charge is 0.394 e. The minimum atomic E-state index is -0.877. The molecule has 0 spiro atoms. The molecule has 1 heterocycles. The Labute approximate surface area is 163 Å². The summed E-state index contributed by atoms with van der Waals surface area (Å²) < 4.78 is 32.1. The molecule has 0 saturated carbocycles. The summed E-state index contributed by atoms with van der Waals surface area (Å²) in [4.78, 5) is 12.9. The number of halogens is 2. The fraction of sp³-hybridized carbons (Fsp3) is 0.409. The highest BCUT2D eigenvalue weighted by atomic mass is 19.2. The first-order valence-electron chi connectivity index (χ1n) is 9.47. The van der Waals surface area contributed by atoms with Crippen molar-refractivity contribution in [2.75, 3.05) is 19.8 Å². The van der Waals surface area contributed by atoms with Crippen LogP contribution in [-0.4, -0.2) is 36.9 Å². The Balaban J connectivity index is 1.79. The lowest BCUT2D eigenvalue weighted by atomic mass is 9.74. The Hall–Kier alpha value is -2.31. The molecule has 2 N–H and O–H groups in total. The number of aliphatic hydroxyl groups excluding tert-OH is 1. The van der Waals surface area contributed by atoms with Crippen molar-refractivity contribution in [2.45, 2.75) is 32.2 Å². The first-order chi connectivity index (χ1) is 13.4. The molecule has 2 aromatic carbocycles. The molecule has 0 bridgehead atoms. The normalized spacial score (nSPS) is 17.1. The van der Waals surface area contributed by atoms with Crippen molar-refractivity contribution in [1.29, 1.82) is 0 Å². The zero-order chi connectivity index (χ0) is 20.1. The van der Waals surface area contributed by atoms with Gasteiger partial charge in [0.05, 0.1) is 12.0 Å². The minimum Gasteiger partial charge on any atom is -0.394 e. The SMILES string of the molecule is C[C@H](CO)NC(=O)C1(Cc2ccc(-c3ccc(F)c(F)c3)cc2)CCOCC1. The van der Waals surface area contributed by atoms with Crippen molar-refractivity contribution >= 4 is 5.91 Å². The predicted molar refractivity (Wildman–Crippen MR) is 103 cm³/mol. The van der Waals surface area contributed by atoms with E-state index in [0.29, 0.717) is 38.0 Å². The summed E-state index contributed by atoms with van der Waals surface area (Å²) in [5, 5.41) is 12.1. The van der Waals surface area contributed by atoms with Crippen molar-refractivity contribution in [3.05, 3.63) is 59.7 Å². The van der Waals surface area contributed by atoms with E-state index < -0.39 is 17.0 Å². The summed E-state index contributed by atoms with van der Waals surface area (Å²) in [5.41, 5.74) is 1.79. The quantitative estimate of drug-likeness (QED) is 0.795. The number of benzene rings is 2. The van der Waals surface area contributed by atoms with Crippen LogP contribution in [0.25, 0.3) is 11.1 Å². The standard InChI is InChI=1S/C22H25F2NO3/c1-15(14-26)25-21(27)22(8-10-28-11-9-22)13-16-2-4-17(5-3-16)18-6-7-19(23)20(24)12-18/h2-7,12,15,26H,8-11,13-14H2,1H3,(H,25,27)/t15-/m1/s1. The number of amides is 1. The number of hydrogen-bond donors (Lipinski definition) is 2. The van der Waals surface area contributed by atoms with Gasteiger partial charge in [0, 0.05) is 19.3 Å². The van der Waals surface area contributed by atoms with E-state index in [4.69, 9.17) is 4.74 Å². The second-order valence-corrected chi connectivity index (χ2v) is 7.45. The molecule has 0 aromatic heterocycles. The fourth-order valence-electron chi connectivity index (χ4n) is 3.55. The molecule has 1 saturated heterocycles. The molecule has 0 aliphatic carbocycles. The summed E-state index contributed by atoms with van der Waals surface area (Å²) in [6.07, 6.45) is 1.78. The highest BCUT2D eigenvalue weighted by molar-refractivity contribution is 5.83. The maximum atomic E-state index is 13.5. The molecule has 1 aliphatic rings. The Morgan fingerprint density at radius 1 is 1.11 bits per heavy atom. The number of ether oxygens (including phenoxy) is 1. The lowest BCUT2D eigenvalue weighted by molar-refractivity contribution is -0.137. The van der Waals surface area contributed by atoms with Gasteiger partial charge in [0.2, 0.25) is 5.91 Å².